The monoisotopic (exact) mass is 194 g/mol. The zero-order chi connectivity index (χ0) is 9.38. The zero-order valence-corrected chi connectivity index (χ0v) is 8.06. The summed E-state index contributed by atoms with van der Waals surface area (Å²) in [5.74, 6) is 1.35. The van der Waals surface area contributed by atoms with Crippen LogP contribution in [0.4, 0.5) is 0 Å². The van der Waals surface area contributed by atoms with E-state index in [1.165, 1.54) is 25.9 Å². The molecule has 76 valence electrons. The molecule has 14 heavy (non-hydrogen) atoms. The summed E-state index contributed by atoms with van der Waals surface area (Å²) in [6.45, 7) is 3.53. The fourth-order valence-electron chi connectivity index (χ4n) is 2.46. The van der Waals surface area contributed by atoms with E-state index < -0.39 is 0 Å². The van der Waals surface area contributed by atoms with Crippen molar-refractivity contribution in [3.63, 3.8) is 0 Å². The van der Waals surface area contributed by atoms with Crippen LogP contribution >= 0.6 is 0 Å². The van der Waals surface area contributed by atoms with Gasteiger partial charge in [-0.1, -0.05) is 0 Å². The molecule has 3 saturated heterocycles. The molecular weight excluding hydrogens is 180 g/mol. The summed E-state index contributed by atoms with van der Waals surface area (Å²) in [5.41, 5.74) is 0. The Bertz CT molecular complexity index is 291. The third kappa shape index (κ3) is 1.39. The van der Waals surface area contributed by atoms with E-state index in [1.54, 1.807) is 12.3 Å². The molecule has 0 aromatic carbocycles. The molecule has 4 nitrogen and oxygen atoms in total. The van der Waals surface area contributed by atoms with E-state index in [9.17, 15) is 0 Å². The lowest BCUT2D eigenvalue weighted by Crippen LogP contribution is -2.52. The van der Waals surface area contributed by atoms with Crippen LogP contribution in [0.5, 0.6) is 5.88 Å². The Kier molecular flexibility index (Phi) is 1.94. The number of ether oxygens (including phenoxy) is 1. The first kappa shape index (κ1) is 8.29. The number of rotatable bonds is 2. The molecule has 3 aliphatic rings. The van der Waals surface area contributed by atoms with Gasteiger partial charge in [0.05, 0.1) is 0 Å². The van der Waals surface area contributed by atoms with Crippen LogP contribution in [0, 0.1) is 5.92 Å². The average Bonchev–Trinajstić information content (AvgIpc) is 2.72. The van der Waals surface area contributed by atoms with Gasteiger partial charge in [-0.2, -0.15) is 0 Å². The first-order valence-electron chi connectivity index (χ1n) is 5.21. The minimum Gasteiger partial charge on any atom is -0.471 e. The normalized spacial score (nSPS) is 35.9. The number of piperidine rings is 3. The Morgan fingerprint density at radius 2 is 2.29 bits per heavy atom. The third-order valence-electron chi connectivity index (χ3n) is 3.28. The molecule has 2 bridgehead atoms. The van der Waals surface area contributed by atoms with Crippen molar-refractivity contribution >= 4 is 0 Å². The highest BCUT2D eigenvalue weighted by atomic mass is 16.5. The second-order valence-corrected chi connectivity index (χ2v) is 4.13. The summed E-state index contributed by atoms with van der Waals surface area (Å²) in [6, 6.07) is 1.78. The number of hydrogen-bond acceptors (Lipinski definition) is 4. The summed E-state index contributed by atoms with van der Waals surface area (Å²) >= 11 is 0. The maximum Gasteiger partial charge on any atom is 0.254 e. The summed E-state index contributed by atoms with van der Waals surface area (Å²) in [5, 5.41) is 3.78. The van der Waals surface area contributed by atoms with E-state index in [-0.39, 0.29) is 0 Å². The average molecular weight is 194 g/mol. The maximum absolute atomic E-state index is 5.78. The van der Waals surface area contributed by atoms with Crippen LogP contribution in [0.25, 0.3) is 0 Å². The van der Waals surface area contributed by atoms with Gasteiger partial charge in [0.1, 0.15) is 12.4 Å². The van der Waals surface area contributed by atoms with Crippen LogP contribution in [0.1, 0.15) is 12.8 Å². The van der Waals surface area contributed by atoms with Crippen molar-refractivity contribution in [1.82, 2.24) is 10.1 Å². The molecule has 0 N–H and O–H groups in total. The van der Waals surface area contributed by atoms with E-state index in [4.69, 9.17) is 9.26 Å². The van der Waals surface area contributed by atoms with Gasteiger partial charge in [0.15, 0.2) is 0 Å². The molecule has 3 aliphatic heterocycles. The van der Waals surface area contributed by atoms with E-state index in [1.807, 2.05) is 0 Å². The van der Waals surface area contributed by atoms with Gasteiger partial charge in [0.25, 0.3) is 5.88 Å². The Hall–Kier alpha value is -1.03. The molecule has 0 spiro atoms. The molecule has 4 heteroatoms. The van der Waals surface area contributed by atoms with E-state index >= 15 is 0 Å². The van der Waals surface area contributed by atoms with Gasteiger partial charge in [0, 0.05) is 12.6 Å². The van der Waals surface area contributed by atoms with Crippen molar-refractivity contribution < 1.29 is 9.26 Å². The summed E-state index contributed by atoms with van der Waals surface area (Å²) < 4.78 is 10.5. The summed E-state index contributed by atoms with van der Waals surface area (Å²) in [4.78, 5) is 2.46. The minimum atomic E-state index is 0.322. The quantitative estimate of drug-likeness (QED) is 0.707. The van der Waals surface area contributed by atoms with Gasteiger partial charge in [0.2, 0.25) is 0 Å². The fourth-order valence-corrected chi connectivity index (χ4v) is 2.46. The Labute approximate surface area is 82.8 Å². The largest absolute Gasteiger partial charge is 0.471 e. The van der Waals surface area contributed by atoms with Gasteiger partial charge in [-0.15, -0.1) is 0 Å². The van der Waals surface area contributed by atoms with Crippen LogP contribution in [-0.4, -0.2) is 35.8 Å². The predicted octanol–water partition coefficient (Wildman–Crippen LogP) is 1.15. The predicted molar refractivity (Wildman–Crippen MR) is 50.1 cm³/mol. The SMILES string of the molecule is c1cc(O[C@H]2CN3CCC2CC3)no1. The summed E-state index contributed by atoms with van der Waals surface area (Å²) in [7, 11) is 0. The van der Waals surface area contributed by atoms with Crippen molar-refractivity contribution in [1.29, 1.82) is 0 Å². The first-order valence-corrected chi connectivity index (χ1v) is 5.21. The highest BCUT2D eigenvalue weighted by Crippen LogP contribution is 2.29. The van der Waals surface area contributed by atoms with E-state index in [0.29, 0.717) is 12.0 Å². The highest BCUT2D eigenvalue weighted by Gasteiger charge is 2.35. The van der Waals surface area contributed by atoms with Crippen molar-refractivity contribution in [2.45, 2.75) is 18.9 Å². The molecule has 1 aromatic heterocycles. The molecule has 4 rings (SSSR count). The molecule has 0 saturated carbocycles. The van der Waals surface area contributed by atoms with Crippen LogP contribution in [0.3, 0.4) is 0 Å². The van der Waals surface area contributed by atoms with E-state index in [2.05, 4.69) is 10.1 Å². The Balaban J connectivity index is 1.68. The molecule has 0 amide bonds. The fraction of sp³-hybridized carbons (Fsp3) is 0.700. The minimum absolute atomic E-state index is 0.322. The molecule has 0 unspecified atom stereocenters. The Morgan fingerprint density at radius 3 is 2.86 bits per heavy atom. The molecule has 1 atom stereocenters. The van der Waals surface area contributed by atoms with Gasteiger partial charge >= 0.3 is 0 Å². The van der Waals surface area contributed by atoms with Crippen molar-refractivity contribution in [3.8, 4) is 5.88 Å². The molecule has 0 aliphatic carbocycles. The number of hydrogen-bond donors (Lipinski definition) is 0. The maximum atomic E-state index is 5.78. The van der Waals surface area contributed by atoms with Crippen LogP contribution in [0.15, 0.2) is 16.9 Å². The van der Waals surface area contributed by atoms with Gasteiger partial charge in [-0.25, -0.2) is 0 Å². The van der Waals surface area contributed by atoms with Crippen molar-refractivity contribution in [2.24, 2.45) is 5.92 Å². The molecule has 1 aromatic rings. The molecule has 3 fully saturated rings. The second-order valence-electron chi connectivity index (χ2n) is 4.13. The standard InChI is InChI=1S/C10H14N2O2/c1-4-12-5-2-8(1)9(7-12)14-10-3-6-13-11-10/h3,6,8-9H,1-2,4-5,7H2/t9-/m0/s1. The number of fused-ring (bicyclic) bond motifs is 3. The third-order valence-corrected chi connectivity index (χ3v) is 3.28. The molecule has 4 heterocycles. The van der Waals surface area contributed by atoms with Crippen molar-refractivity contribution in [3.05, 3.63) is 12.3 Å². The lowest BCUT2D eigenvalue weighted by atomic mass is 9.86. The smallest absolute Gasteiger partial charge is 0.254 e. The van der Waals surface area contributed by atoms with Crippen molar-refractivity contribution in [2.75, 3.05) is 19.6 Å². The number of nitrogens with zero attached hydrogens (tertiary/aromatic N) is 2. The lowest BCUT2D eigenvalue weighted by Gasteiger charge is -2.43. The first-order chi connectivity index (χ1) is 6.92. The van der Waals surface area contributed by atoms with Crippen LogP contribution in [-0.2, 0) is 0 Å². The molecular formula is C10H14N2O2. The Morgan fingerprint density at radius 1 is 1.43 bits per heavy atom. The highest BCUT2D eigenvalue weighted by molar-refractivity contribution is 5.04. The number of aromatic nitrogens is 1. The molecule has 0 radical (unpaired) electrons. The zero-order valence-electron chi connectivity index (χ0n) is 8.06. The lowest BCUT2D eigenvalue weighted by molar-refractivity contribution is -0.0113. The van der Waals surface area contributed by atoms with Gasteiger partial charge in [-0.05, 0) is 37.0 Å². The summed E-state index contributed by atoms with van der Waals surface area (Å²) in [6.07, 6.45) is 4.41. The van der Waals surface area contributed by atoms with E-state index in [0.717, 1.165) is 12.5 Å². The second kappa shape index (κ2) is 3.28. The van der Waals surface area contributed by atoms with Crippen LogP contribution < -0.4 is 4.74 Å². The van der Waals surface area contributed by atoms with Crippen LogP contribution in [0.2, 0.25) is 0 Å². The topological polar surface area (TPSA) is 38.5 Å². The van der Waals surface area contributed by atoms with Gasteiger partial charge in [-0.3, -0.25) is 4.90 Å². The van der Waals surface area contributed by atoms with Gasteiger partial charge < -0.3 is 9.26 Å².